The highest BCUT2D eigenvalue weighted by molar-refractivity contribution is 6.29. The van der Waals surface area contributed by atoms with E-state index in [0.29, 0.717) is 24.2 Å². The van der Waals surface area contributed by atoms with Crippen LogP contribution in [0.2, 0.25) is 5.15 Å². The molecule has 0 aliphatic carbocycles. The normalized spacial score (nSPS) is 10.9. The van der Waals surface area contributed by atoms with E-state index in [1.54, 1.807) is 12.3 Å². The summed E-state index contributed by atoms with van der Waals surface area (Å²) in [4.78, 5) is 15.9. The Bertz CT molecular complexity index is 739. The van der Waals surface area contributed by atoms with E-state index in [1.807, 2.05) is 18.3 Å². The zero-order chi connectivity index (χ0) is 13.9. The summed E-state index contributed by atoms with van der Waals surface area (Å²) in [5.74, 6) is 0.469. The number of rotatable bonds is 4. The third-order valence-corrected chi connectivity index (χ3v) is 3.04. The number of hydrogen-bond acceptors (Lipinski definition) is 5. The number of hydrogen-bond donors (Lipinski definition) is 3. The number of nitrogens with zero attached hydrogens (tertiary/aromatic N) is 3. The van der Waals surface area contributed by atoms with Crippen LogP contribution in [0.15, 0.2) is 30.6 Å². The maximum atomic E-state index is 6.05. The van der Waals surface area contributed by atoms with E-state index < -0.39 is 0 Å². The topological polar surface area (TPSA) is 92.5 Å². The van der Waals surface area contributed by atoms with E-state index in [-0.39, 0.29) is 0 Å². The zero-order valence-electron chi connectivity index (χ0n) is 10.6. The molecule has 0 radical (unpaired) electrons. The number of halogens is 1. The first-order valence-corrected chi connectivity index (χ1v) is 6.57. The van der Waals surface area contributed by atoms with Crippen LogP contribution in [-0.2, 0) is 0 Å². The lowest BCUT2D eigenvalue weighted by molar-refractivity contribution is 0.990. The van der Waals surface area contributed by atoms with Gasteiger partial charge >= 0.3 is 0 Å². The van der Waals surface area contributed by atoms with Crippen molar-refractivity contribution in [2.45, 2.75) is 0 Å². The maximum Gasteiger partial charge on any atom is 0.224 e. The van der Waals surface area contributed by atoms with Gasteiger partial charge in [-0.15, -0.1) is 0 Å². The molecule has 0 amide bonds. The molecule has 0 spiro atoms. The third kappa shape index (κ3) is 2.43. The minimum Gasteiger partial charge on any atom is -0.353 e. The number of aromatic nitrogens is 4. The van der Waals surface area contributed by atoms with Crippen molar-refractivity contribution in [2.75, 3.05) is 18.4 Å². The van der Waals surface area contributed by atoms with E-state index >= 15 is 0 Å². The Morgan fingerprint density at radius 1 is 1.35 bits per heavy atom. The largest absolute Gasteiger partial charge is 0.353 e. The summed E-state index contributed by atoms with van der Waals surface area (Å²) >= 11 is 6.05. The van der Waals surface area contributed by atoms with Gasteiger partial charge in [0, 0.05) is 42.5 Å². The van der Waals surface area contributed by atoms with Crippen molar-refractivity contribution in [1.29, 1.82) is 0 Å². The smallest absolute Gasteiger partial charge is 0.224 e. The predicted octanol–water partition coefficient (Wildman–Crippen LogP) is 2.04. The van der Waals surface area contributed by atoms with Crippen molar-refractivity contribution in [2.24, 2.45) is 5.73 Å². The molecule has 7 heteroatoms. The maximum absolute atomic E-state index is 6.05. The Hall–Kier alpha value is -2.18. The van der Waals surface area contributed by atoms with Crippen LogP contribution in [0.25, 0.3) is 22.3 Å². The Morgan fingerprint density at radius 2 is 2.25 bits per heavy atom. The van der Waals surface area contributed by atoms with E-state index in [4.69, 9.17) is 17.3 Å². The fourth-order valence-corrected chi connectivity index (χ4v) is 2.17. The average molecular weight is 289 g/mol. The van der Waals surface area contributed by atoms with Crippen LogP contribution in [0.5, 0.6) is 0 Å². The molecule has 3 rings (SSSR count). The Labute approximate surface area is 120 Å². The van der Waals surface area contributed by atoms with Gasteiger partial charge in [-0.2, -0.15) is 0 Å². The van der Waals surface area contributed by atoms with E-state index in [9.17, 15) is 0 Å². The van der Waals surface area contributed by atoms with E-state index in [2.05, 4.69) is 25.3 Å². The Kier molecular flexibility index (Phi) is 3.49. The van der Waals surface area contributed by atoms with Crippen molar-refractivity contribution in [1.82, 2.24) is 19.9 Å². The van der Waals surface area contributed by atoms with Crippen molar-refractivity contribution >= 4 is 28.6 Å². The number of aromatic amines is 1. The quantitative estimate of drug-likeness (QED) is 0.639. The van der Waals surface area contributed by atoms with Crippen LogP contribution in [0.1, 0.15) is 0 Å². The molecular formula is C13H13ClN6. The molecule has 3 aromatic heterocycles. The monoisotopic (exact) mass is 288 g/mol. The van der Waals surface area contributed by atoms with Gasteiger partial charge in [-0.1, -0.05) is 11.6 Å². The third-order valence-electron chi connectivity index (χ3n) is 2.85. The lowest BCUT2D eigenvalue weighted by Crippen LogP contribution is -2.15. The summed E-state index contributed by atoms with van der Waals surface area (Å²) in [7, 11) is 0. The Balaban J connectivity index is 2.07. The molecule has 0 saturated heterocycles. The standard InChI is InChI=1S/C13H13ClN6/c14-11-6-10(19-13(20-11)17-5-3-15)9-7-18-12-8(9)2-1-4-16-12/h1-2,4,6-7H,3,5,15H2,(H,16,18)(H,17,19,20). The first-order chi connectivity index (χ1) is 9.78. The van der Waals surface area contributed by atoms with Crippen LogP contribution in [0, 0.1) is 0 Å². The average Bonchev–Trinajstić information content (AvgIpc) is 2.88. The molecule has 20 heavy (non-hydrogen) atoms. The lowest BCUT2D eigenvalue weighted by atomic mass is 10.1. The van der Waals surface area contributed by atoms with Crippen LogP contribution in [0.3, 0.4) is 0 Å². The van der Waals surface area contributed by atoms with Crippen molar-refractivity contribution in [3.8, 4) is 11.3 Å². The van der Waals surface area contributed by atoms with Crippen molar-refractivity contribution < 1.29 is 0 Å². The summed E-state index contributed by atoms with van der Waals surface area (Å²) in [5, 5.41) is 4.40. The SMILES string of the molecule is NCCNc1nc(Cl)cc(-c2c[nH]c3ncccc23)n1. The highest BCUT2D eigenvalue weighted by Gasteiger charge is 2.10. The molecule has 0 fully saturated rings. The number of anilines is 1. The molecule has 3 aromatic rings. The van der Waals surface area contributed by atoms with Gasteiger partial charge in [-0.05, 0) is 12.1 Å². The minimum absolute atomic E-state index is 0.382. The van der Waals surface area contributed by atoms with Crippen LogP contribution in [-0.4, -0.2) is 33.0 Å². The molecular weight excluding hydrogens is 276 g/mol. The van der Waals surface area contributed by atoms with Crippen molar-refractivity contribution in [3.05, 3.63) is 35.7 Å². The summed E-state index contributed by atoms with van der Waals surface area (Å²) < 4.78 is 0. The predicted molar refractivity (Wildman–Crippen MR) is 79.7 cm³/mol. The first-order valence-electron chi connectivity index (χ1n) is 6.19. The van der Waals surface area contributed by atoms with Gasteiger partial charge in [0.25, 0.3) is 0 Å². The van der Waals surface area contributed by atoms with E-state index in [1.165, 1.54) is 0 Å². The summed E-state index contributed by atoms with van der Waals surface area (Å²) in [6, 6.07) is 5.60. The molecule has 0 aromatic carbocycles. The minimum atomic E-state index is 0.382. The summed E-state index contributed by atoms with van der Waals surface area (Å²) in [6.45, 7) is 1.09. The number of nitrogens with one attached hydrogen (secondary N) is 2. The number of H-pyrrole nitrogens is 1. The Morgan fingerprint density at radius 3 is 3.10 bits per heavy atom. The molecule has 6 nitrogen and oxygen atoms in total. The molecule has 0 saturated carbocycles. The summed E-state index contributed by atoms with van der Waals surface area (Å²) in [5.41, 5.74) is 7.95. The molecule has 3 heterocycles. The fourth-order valence-electron chi connectivity index (χ4n) is 1.99. The van der Waals surface area contributed by atoms with Gasteiger partial charge in [0.2, 0.25) is 5.95 Å². The lowest BCUT2D eigenvalue weighted by Gasteiger charge is -2.06. The molecule has 0 unspecified atom stereocenters. The molecule has 4 N–H and O–H groups in total. The highest BCUT2D eigenvalue weighted by atomic mass is 35.5. The second kappa shape index (κ2) is 5.44. The van der Waals surface area contributed by atoms with Gasteiger partial charge < -0.3 is 16.0 Å². The number of fused-ring (bicyclic) bond motifs is 1. The van der Waals surface area contributed by atoms with Gasteiger partial charge in [0.05, 0.1) is 5.69 Å². The van der Waals surface area contributed by atoms with Crippen LogP contribution < -0.4 is 11.1 Å². The number of pyridine rings is 1. The highest BCUT2D eigenvalue weighted by Crippen LogP contribution is 2.27. The number of nitrogens with two attached hydrogens (primary N) is 1. The zero-order valence-corrected chi connectivity index (χ0v) is 11.4. The first kappa shape index (κ1) is 12.8. The van der Waals surface area contributed by atoms with Gasteiger partial charge in [-0.25, -0.2) is 15.0 Å². The van der Waals surface area contributed by atoms with Gasteiger partial charge in [0.15, 0.2) is 0 Å². The van der Waals surface area contributed by atoms with Crippen LogP contribution in [0.4, 0.5) is 5.95 Å². The second-order valence-corrected chi connectivity index (χ2v) is 4.60. The molecule has 102 valence electrons. The molecule has 0 bridgehead atoms. The molecule has 0 aliphatic rings. The van der Waals surface area contributed by atoms with E-state index in [0.717, 1.165) is 22.3 Å². The van der Waals surface area contributed by atoms with Gasteiger partial charge in [0.1, 0.15) is 10.8 Å². The summed E-state index contributed by atoms with van der Waals surface area (Å²) in [6.07, 6.45) is 3.60. The molecule has 0 aliphatic heterocycles. The second-order valence-electron chi connectivity index (χ2n) is 4.22. The van der Waals surface area contributed by atoms with Gasteiger partial charge in [-0.3, -0.25) is 0 Å². The molecule has 0 atom stereocenters. The van der Waals surface area contributed by atoms with Crippen LogP contribution >= 0.6 is 11.6 Å². The fraction of sp³-hybridized carbons (Fsp3) is 0.154. The van der Waals surface area contributed by atoms with Crippen molar-refractivity contribution in [3.63, 3.8) is 0 Å².